The first-order chi connectivity index (χ1) is 9.72. The summed E-state index contributed by atoms with van der Waals surface area (Å²) in [5.41, 5.74) is 1.17. The summed E-state index contributed by atoms with van der Waals surface area (Å²) in [5.74, 6) is 2.19. The van der Waals surface area contributed by atoms with Crippen LogP contribution in [0.4, 0.5) is 0 Å². The Morgan fingerprint density at radius 2 is 2.30 bits per heavy atom. The van der Waals surface area contributed by atoms with Gasteiger partial charge in [-0.15, -0.1) is 0 Å². The van der Waals surface area contributed by atoms with E-state index in [-0.39, 0.29) is 6.79 Å². The number of nitrogens with one attached hydrogen (secondary N) is 1. The highest BCUT2D eigenvalue weighted by Crippen LogP contribution is 2.40. The van der Waals surface area contributed by atoms with Gasteiger partial charge in [-0.2, -0.15) is 0 Å². The Labute approximate surface area is 125 Å². The van der Waals surface area contributed by atoms with E-state index in [2.05, 4.69) is 17.3 Å². The zero-order chi connectivity index (χ0) is 13.9. The van der Waals surface area contributed by atoms with Crippen LogP contribution in [-0.2, 0) is 6.54 Å². The molecule has 1 saturated heterocycles. The molecule has 0 radical (unpaired) electrons. The lowest BCUT2D eigenvalue weighted by Gasteiger charge is -2.27. The van der Waals surface area contributed by atoms with Crippen LogP contribution in [0.15, 0.2) is 12.1 Å². The molecule has 1 aromatic carbocycles. The summed E-state index contributed by atoms with van der Waals surface area (Å²) in [6.07, 6.45) is 2.60. The second-order valence-corrected chi connectivity index (χ2v) is 6.13. The SMILES string of the molecule is CN(Cc1cc(Cl)c2c(c1)OCO2)CC1CCCNC1. The molecular weight excluding hydrogens is 276 g/mol. The Morgan fingerprint density at radius 1 is 1.40 bits per heavy atom. The zero-order valence-electron chi connectivity index (χ0n) is 11.8. The normalized spacial score (nSPS) is 21.4. The standard InChI is InChI=1S/C15H21ClN2O2/c1-18(8-11-3-2-4-17-7-11)9-12-5-13(16)15-14(6-12)19-10-20-15/h5-6,11,17H,2-4,7-10H2,1H3. The van der Waals surface area contributed by atoms with Crippen molar-refractivity contribution in [2.75, 3.05) is 33.5 Å². The molecule has 0 aromatic heterocycles. The molecule has 0 aliphatic carbocycles. The summed E-state index contributed by atoms with van der Waals surface area (Å²) in [5, 5.41) is 4.10. The average molecular weight is 297 g/mol. The number of fused-ring (bicyclic) bond motifs is 1. The van der Waals surface area contributed by atoms with Crippen LogP contribution in [0.2, 0.25) is 5.02 Å². The fraction of sp³-hybridized carbons (Fsp3) is 0.600. The van der Waals surface area contributed by atoms with Gasteiger partial charge in [-0.1, -0.05) is 11.6 Å². The molecule has 5 heteroatoms. The highest BCUT2D eigenvalue weighted by Gasteiger charge is 2.19. The van der Waals surface area contributed by atoms with E-state index < -0.39 is 0 Å². The van der Waals surface area contributed by atoms with Crippen molar-refractivity contribution < 1.29 is 9.47 Å². The third kappa shape index (κ3) is 3.19. The molecule has 20 heavy (non-hydrogen) atoms. The van der Waals surface area contributed by atoms with E-state index in [4.69, 9.17) is 21.1 Å². The number of piperidine rings is 1. The van der Waals surface area contributed by atoms with Crippen molar-refractivity contribution in [3.05, 3.63) is 22.7 Å². The van der Waals surface area contributed by atoms with E-state index in [1.165, 1.54) is 18.4 Å². The molecule has 0 bridgehead atoms. The van der Waals surface area contributed by atoms with Gasteiger partial charge in [-0.25, -0.2) is 0 Å². The lowest BCUT2D eigenvalue weighted by Crippen LogP contribution is -2.36. The van der Waals surface area contributed by atoms with Gasteiger partial charge in [0.1, 0.15) is 0 Å². The van der Waals surface area contributed by atoms with Gasteiger partial charge in [0.05, 0.1) is 5.02 Å². The van der Waals surface area contributed by atoms with E-state index >= 15 is 0 Å². The Balaban J connectivity index is 1.61. The molecular formula is C15H21ClN2O2. The van der Waals surface area contributed by atoms with Crippen LogP contribution in [0.3, 0.4) is 0 Å². The predicted octanol–water partition coefficient (Wildman–Crippen LogP) is 2.50. The fourth-order valence-corrected chi connectivity index (χ4v) is 3.30. The number of ether oxygens (including phenoxy) is 2. The average Bonchev–Trinajstić information content (AvgIpc) is 2.88. The van der Waals surface area contributed by atoms with Crippen LogP contribution in [0, 0.1) is 5.92 Å². The molecule has 0 spiro atoms. The zero-order valence-corrected chi connectivity index (χ0v) is 12.6. The van der Waals surface area contributed by atoms with E-state index in [1.54, 1.807) is 0 Å². The molecule has 1 fully saturated rings. The van der Waals surface area contributed by atoms with Gasteiger partial charge >= 0.3 is 0 Å². The topological polar surface area (TPSA) is 33.7 Å². The second-order valence-electron chi connectivity index (χ2n) is 5.72. The van der Waals surface area contributed by atoms with Crippen molar-refractivity contribution in [1.29, 1.82) is 0 Å². The third-order valence-electron chi connectivity index (χ3n) is 3.91. The van der Waals surface area contributed by atoms with Gasteiger partial charge in [0.2, 0.25) is 6.79 Å². The molecule has 2 aliphatic rings. The largest absolute Gasteiger partial charge is 0.454 e. The van der Waals surface area contributed by atoms with Gasteiger partial charge in [0, 0.05) is 13.1 Å². The summed E-state index contributed by atoms with van der Waals surface area (Å²) in [6.45, 7) is 4.55. The van der Waals surface area contributed by atoms with Crippen LogP contribution < -0.4 is 14.8 Å². The minimum absolute atomic E-state index is 0.266. The van der Waals surface area contributed by atoms with E-state index in [0.29, 0.717) is 10.8 Å². The third-order valence-corrected chi connectivity index (χ3v) is 4.19. The minimum Gasteiger partial charge on any atom is -0.454 e. The van der Waals surface area contributed by atoms with Crippen LogP contribution >= 0.6 is 11.6 Å². The van der Waals surface area contributed by atoms with Crippen LogP contribution in [0.5, 0.6) is 11.5 Å². The number of hydrogen-bond acceptors (Lipinski definition) is 4. The molecule has 1 aromatic rings. The van der Waals surface area contributed by atoms with Gasteiger partial charge in [0.15, 0.2) is 11.5 Å². The first-order valence-corrected chi connectivity index (χ1v) is 7.57. The van der Waals surface area contributed by atoms with Gasteiger partial charge in [-0.05, 0) is 56.6 Å². The van der Waals surface area contributed by atoms with Crippen molar-refractivity contribution in [3.63, 3.8) is 0 Å². The molecule has 0 saturated carbocycles. The highest BCUT2D eigenvalue weighted by molar-refractivity contribution is 6.32. The maximum Gasteiger partial charge on any atom is 0.231 e. The predicted molar refractivity (Wildman–Crippen MR) is 79.5 cm³/mol. The van der Waals surface area contributed by atoms with Crippen molar-refractivity contribution in [2.24, 2.45) is 5.92 Å². The van der Waals surface area contributed by atoms with Crippen LogP contribution in [-0.4, -0.2) is 38.4 Å². The summed E-state index contributed by atoms with van der Waals surface area (Å²) in [6, 6.07) is 4.01. The second kappa shape index (κ2) is 6.20. The fourth-order valence-electron chi connectivity index (χ4n) is 3.01. The molecule has 1 N–H and O–H groups in total. The van der Waals surface area contributed by atoms with E-state index in [0.717, 1.165) is 37.8 Å². The van der Waals surface area contributed by atoms with Crippen LogP contribution in [0.25, 0.3) is 0 Å². The number of hydrogen-bond donors (Lipinski definition) is 1. The van der Waals surface area contributed by atoms with Crippen molar-refractivity contribution in [2.45, 2.75) is 19.4 Å². The minimum atomic E-state index is 0.266. The van der Waals surface area contributed by atoms with Gasteiger partial charge in [-0.3, -0.25) is 0 Å². The molecule has 1 atom stereocenters. The number of nitrogens with zero attached hydrogens (tertiary/aromatic N) is 1. The summed E-state index contributed by atoms with van der Waals surface area (Å²) in [7, 11) is 2.16. The van der Waals surface area contributed by atoms with Crippen molar-refractivity contribution in [1.82, 2.24) is 10.2 Å². The Hall–Kier alpha value is -0.970. The molecule has 3 rings (SSSR count). The first-order valence-electron chi connectivity index (χ1n) is 7.19. The highest BCUT2D eigenvalue weighted by atomic mass is 35.5. The molecule has 0 amide bonds. The number of benzene rings is 1. The van der Waals surface area contributed by atoms with Crippen molar-refractivity contribution in [3.8, 4) is 11.5 Å². The van der Waals surface area contributed by atoms with E-state index in [9.17, 15) is 0 Å². The lowest BCUT2D eigenvalue weighted by atomic mass is 9.99. The molecule has 1 unspecified atom stereocenters. The Kier molecular flexibility index (Phi) is 4.34. The Bertz CT molecular complexity index is 475. The molecule has 2 aliphatic heterocycles. The summed E-state index contributed by atoms with van der Waals surface area (Å²) < 4.78 is 10.8. The van der Waals surface area contributed by atoms with Crippen molar-refractivity contribution >= 4 is 11.6 Å². The molecule has 4 nitrogen and oxygen atoms in total. The quantitative estimate of drug-likeness (QED) is 0.926. The number of halogens is 1. The maximum atomic E-state index is 6.22. The van der Waals surface area contributed by atoms with E-state index in [1.807, 2.05) is 12.1 Å². The smallest absolute Gasteiger partial charge is 0.231 e. The monoisotopic (exact) mass is 296 g/mol. The molecule has 110 valence electrons. The maximum absolute atomic E-state index is 6.22. The summed E-state index contributed by atoms with van der Waals surface area (Å²) in [4.78, 5) is 2.35. The number of rotatable bonds is 4. The lowest BCUT2D eigenvalue weighted by molar-refractivity contribution is 0.174. The molecule has 2 heterocycles. The first kappa shape index (κ1) is 14.0. The summed E-state index contributed by atoms with van der Waals surface area (Å²) >= 11 is 6.22. The van der Waals surface area contributed by atoms with Gasteiger partial charge < -0.3 is 19.7 Å². The Morgan fingerprint density at radius 3 is 3.10 bits per heavy atom. The van der Waals surface area contributed by atoms with Gasteiger partial charge in [0.25, 0.3) is 0 Å². The van der Waals surface area contributed by atoms with Crippen LogP contribution in [0.1, 0.15) is 18.4 Å².